The van der Waals surface area contributed by atoms with E-state index < -0.39 is 5.97 Å². The number of methoxy groups -OCH3 is 1. The number of fused-ring (bicyclic) bond motifs is 1. The minimum absolute atomic E-state index is 0.115. The van der Waals surface area contributed by atoms with Crippen molar-refractivity contribution in [3.63, 3.8) is 0 Å². The average Bonchev–Trinajstić information content (AvgIpc) is 3.16. The van der Waals surface area contributed by atoms with E-state index in [1.165, 1.54) is 7.11 Å². The standard InChI is InChI=1S/C16H20N6O2S/c1-24-15(23)13-19-11-3-10-25-12(11)14(20-13)21-6-8-22(9-7-21)16-17-4-2-5-18-16/h3,10H,2,4-9H2,1H3,(H,17,18). The molecule has 0 atom stereocenters. The van der Waals surface area contributed by atoms with Crippen molar-refractivity contribution in [2.45, 2.75) is 6.42 Å². The van der Waals surface area contributed by atoms with Crippen LogP contribution in [0.1, 0.15) is 17.0 Å². The highest BCUT2D eigenvalue weighted by atomic mass is 32.1. The van der Waals surface area contributed by atoms with Gasteiger partial charge < -0.3 is 19.9 Å². The Hall–Kier alpha value is -2.42. The molecule has 0 aromatic carbocycles. The summed E-state index contributed by atoms with van der Waals surface area (Å²) >= 11 is 1.60. The van der Waals surface area contributed by atoms with Gasteiger partial charge in [-0.2, -0.15) is 0 Å². The van der Waals surface area contributed by atoms with Crippen LogP contribution < -0.4 is 10.2 Å². The predicted molar refractivity (Wildman–Crippen MR) is 97.5 cm³/mol. The lowest BCUT2D eigenvalue weighted by Gasteiger charge is -2.38. The van der Waals surface area contributed by atoms with Gasteiger partial charge in [-0.1, -0.05) is 0 Å². The number of hydrogen-bond donors (Lipinski definition) is 1. The Morgan fingerprint density at radius 3 is 2.76 bits per heavy atom. The van der Waals surface area contributed by atoms with Crippen LogP contribution in [0.3, 0.4) is 0 Å². The van der Waals surface area contributed by atoms with E-state index in [1.807, 2.05) is 11.4 Å². The number of aliphatic imine (C=N–C) groups is 1. The van der Waals surface area contributed by atoms with Gasteiger partial charge in [0, 0.05) is 39.3 Å². The topological polar surface area (TPSA) is 83.0 Å². The fourth-order valence-electron chi connectivity index (χ4n) is 3.11. The number of piperazine rings is 1. The summed E-state index contributed by atoms with van der Waals surface area (Å²) in [5.74, 6) is 1.43. The minimum Gasteiger partial charge on any atom is -0.463 e. The largest absolute Gasteiger partial charge is 0.463 e. The molecule has 132 valence electrons. The van der Waals surface area contributed by atoms with E-state index in [-0.39, 0.29) is 5.82 Å². The fourth-order valence-corrected chi connectivity index (χ4v) is 3.95. The Kier molecular flexibility index (Phi) is 4.39. The summed E-state index contributed by atoms with van der Waals surface area (Å²) in [5, 5.41) is 5.35. The SMILES string of the molecule is COC(=O)c1nc(N2CCN(C3=NCCCN3)CC2)c2sccc2n1. The second kappa shape index (κ2) is 6.83. The summed E-state index contributed by atoms with van der Waals surface area (Å²) in [5.41, 5.74) is 0.788. The van der Waals surface area contributed by atoms with Gasteiger partial charge in [-0.3, -0.25) is 4.99 Å². The van der Waals surface area contributed by atoms with Crippen LogP contribution in [-0.2, 0) is 4.74 Å². The Bertz CT molecular complexity index is 812. The van der Waals surface area contributed by atoms with Gasteiger partial charge in [0.15, 0.2) is 11.8 Å². The van der Waals surface area contributed by atoms with E-state index in [0.717, 1.165) is 67.7 Å². The third-order valence-corrected chi connectivity index (χ3v) is 5.31. The number of carbonyl (C=O) groups is 1. The molecule has 0 spiro atoms. The van der Waals surface area contributed by atoms with Gasteiger partial charge in [0.05, 0.1) is 17.3 Å². The van der Waals surface area contributed by atoms with Crippen LogP contribution in [0.15, 0.2) is 16.4 Å². The smallest absolute Gasteiger partial charge is 0.376 e. The molecule has 0 saturated carbocycles. The van der Waals surface area contributed by atoms with Gasteiger partial charge in [0.25, 0.3) is 0 Å². The molecule has 0 aliphatic carbocycles. The summed E-state index contributed by atoms with van der Waals surface area (Å²) in [4.78, 5) is 29.7. The summed E-state index contributed by atoms with van der Waals surface area (Å²) < 4.78 is 5.80. The van der Waals surface area contributed by atoms with E-state index >= 15 is 0 Å². The highest BCUT2D eigenvalue weighted by molar-refractivity contribution is 7.17. The zero-order valence-electron chi connectivity index (χ0n) is 14.1. The quantitative estimate of drug-likeness (QED) is 0.798. The van der Waals surface area contributed by atoms with Crippen molar-refractivity contribution in [3.8, 4) is 0 Å². The molecule has 8 nitrogen and oxygen atoms in total. The number of guanidine groups is 1. The van der Waals surface area contributed by atoms with E-state index in [0.29, 0.717) is 0 Å². The molecule has 0 radical (unpaired) electrons. The normalized spacial score (nSPS) is 18.0. The molecule has 0 amide bonds. The lowest BCUT2D eigenvalue weighted by atomic mass is 10.3. The fraction of sp³-hybridized carbons (Fsp3) is 0.500. The number of carbonyl (C=O) groups excluding carboxylic acids is 1. The first-order valence-electron chi connectivity index (χ1n) is 8.38. The molecule has 1 saturated heterocycles. The van der Waals surface area contributed by atoms with E-state index in [9.17, 15) is 4.79 Å². The number of anilines is 1. The maximum atomic E-state index is 11.9. The van der Waals surface area contributed by atoms with Gasteiger partial charge in [-0.25, -0.2) is 14.8 Å². The minimum atomic E-state index is -0.506. The summed E-state index contributed by atoms with van der Waals surface area (Å²) in [6, 6.07) is 1.91. The van der Waals surface area contributed by atoms with Gasteiger partial charge in [-0.05, 0) is 17.9 Å². The molecular weight excluding hydrogens is 340 g/mol. The summed E-state index contributed by atoms with van der Waals surface area (Å²) in [7, 11) is 1.35. The second-order valence-electron chi connectivity index (χ2n) is 5.96. The first kappa shape index (κ1) is 16.1. The van der Waals surface area contributed by atoms with E-state index in [4.69, 9.17) is 4.74 Å². The molecule has 0 bridgehead atoms. The van der Waals surface area contributed by atoms with Crippen molar-refractivity contribution in [2.75, 3.05) is 51.3 Å². The van der Waals surface area contributed by atoms with Crippen LogP contribution in [0.25, 0.3) is 10.2 Å². The van der Waals surface area contributed by atoms with Gasteiger partial charge >= 0.3 is 5.97 Å². The zero-order chi connectivity index (χ0) is 17.2. The van der Waals surface area contributed by atoms with Crippen LogP contribution in [-0.4, -0.2) is 73.2 Å². The Morgan fingerprint density at radius 2 is 2.04 bits per heavy atom. The number of rotatable bonds is 2. The molecule has 0 unspecified atom stereocenters. The third kappa shape index (κ3) is 3.11. The Balaban J connectivity index is 1.57. The molecule has 25 heavy (non-hydrogen) atoms. The molecular formula is C16H20N6O2S. The predicted octanol–water partition coefficient (Wildman–Crippen LogP) is 0.949. The number of aromatic nitrogens is 2. The van der Waals surface area contributed by atoms with Gasteiger partial charge in [-0.15, -0.1) is 11.3 Å². The van der Waals surface area contributed by atoms with Crippen molar-refractivity contribution in [1.82, 2.24) is 20.2 Å². The highest BCUT2D eigenvalue weighted by Crippen LogP contribution is 2.29. The van der Waals surface area contributed by atoms with Crippen molar-refractivity contribution in [3.05, 3.63) is 17.3 Å². The summed E-state index contributed by atoms with van der Waals surface area (Å²) in [6.07, 6.45) is 1.09. The van der Waals surface area contributed by atoms with Crippen molar-refractivity contribution < 1.29 is 9.53 Å². The lowest BCUT2D eigenvalue weighted by Crippen LogP contribution is -2.53. The number of thiophene rings is 1. The number of nitrogens with zero attached hydrogens (tertiary/aromatic N) is 5. The molecule has 2 aromatic rings. The first-order chi connectivity index (χ1) is 12.3. The van der Waals surface area contributed by atoms with Crippen molar-refractivity contribution in [1.29, 1.82) is 0 Å². The maximum absolute atomic E-state index is 11.9. The number of nitrogens with one attached hydrogen (secondary N) is 1. The van der Waals surface area contributed by atoms with Gasteiger partial charge in [0.2, 0.25) is 5.82 Å². The Labute approximate surface area is 149 Å². The number of esters is 1. The average molecular weight is 360 g/mol. The van der Waals surface area contributed by atoms with Crippen LogP contribution in [0.4, 0.5) is 5.82 Å². The van der Waals surface area contributed by atoms with E-state index in [2.05, 4.69) is 30.1 Å². The summed E-state index contributed by atoms with van der Waals surface area (Å²) in [6.45, 7) is 5.28. The lowest BCUT2D eigenvalue weighted by molar-refractivity contribution is 0.0587. The molecule has 4 rings (SSSR count). The molecule has 1 N–H and O–H groups in total. The molecule has 1 fully saturated rings. The number of hydrogen-bond acceptors (Lipinski definition) is 9. The van der Waals surface area contributed by atoms with Gasteiger partial charge in [0.1, 0.15) is 0 Å². The van der Waals surface area contributed by atoms with Crippen LogP contribution >= 0.6 is 11.3 Å². The first-order valence-corrected chi connectivity index (χ1v) is 9.26. The number of ether oxygens (including phenoxy) is 1. The second-order valence-corrected chi connectivity index (χ2v) is 6.87. The zero-order valence-corrected chi connectivity index (χ0v) is 14.9. The molecule has 2 aliphatic heterocycles. The molecule has 2 aromatic heterocycles. The molecule has 2 aliphatic rings. The van der Waals surface area contributed by atoms with Crippen LogP contribution in [0.5, 0.6) is 0 Å². The van der Waals surface area contributed by atoms with Crippen LogP contribution in [0.2, 0.25) is 0 Å². The molecule has 4 heterocycles. The maximum Gasteiger partial charge on any atom is 0.376 e. The third-order valence-electron chi connectivity index (χ3n) is 4.41. The highest BCUT2D eigenvalue weighted by Gasteiger charge is 2.25. The van der Waals surface area contributed by atoms with Crippen molar-refractivity contribution in [2.24, 2.45) is 4.99 Å². The van der Waals surface area contributed by atoms with E-state index in [1.54, 1.807) is 11.3 Å². The molecule has 9 heteroatoms. The van der Waals surface area contributed by atoms with Crippen molar-refractivity contribution >= 4 is 39.3 Å². The monoisotopic (exact) mass is 360 g/mol. The Morgan fingerprint density at radius 1 is 1.24 bits per heavy atom. The van der Waals surface area contributed by atoms with Crippen LogP contribution in [0, 0.1) is 0 Å².